The summed E-state index contributed by atoms with van der Waals surface area (Å²) in [5, 5.41) is 13.6. The van der Waals surface area contributed by atoms with Gasteiger partial charge in [0.05, 0.1) is 0 Å². The molecule has 26 heavy (non-hydrogen) atoms. The van der Waals surface area contributed by atoms with Crippen LogP contribution in [0.2, 0.25) is 0 Å². The molecule has 0 aliphatic carbocycles. The van der Waals surface area contributed by atoms with Gasteiger partial charge in [0.2, 0.25) is 5.13 Å². The van der Waals surface area contributed by atoms with E-state index < -0.39 is 10.0 Å². The lowest BCUT2D eigenvalue weighted by atomic mass is 10.2. The number of hydrogen-bond acceptors (Lipinski definition) is 7. The molecule has 7 nitrogen and oxygen atoms in total. The third-order valence-electron chi connectivity index (χ3n) is 3.29. The van der Waals surface area contributed by atoms with Gasteiger partial charge in [0, 0.05) is 17.7 Å². The molecule has 0 aliphatic heterocycles. The van der Waals surface area contributed by atoms with Gasteiger partial charge in [-0.15, -0.1) is 21.5 Å². The summed E-state index contributed by atoms with van der Waals surface area (Å²) in [5.41, 5.74) is 0.638. The molecule has 2 aromatic heterocycles. The average molecular weight is 409 g/mol. The van der Waals surface area contributed by atoms with Crippen LogP contribution in [0.3, 0.4) is 0 Å². The standard InChI is InChI=1S/C16H16N4O3S3/c1-2-5-13-18-19-16(25-13)17-15(21)11-6-3-7-12(10-11)20-26(22,23)14-8-4-9-24-14/h3-4,6-10,20H,2,5H2,1H3,(H,17,19,21). The number of hydrogen-bond donors (Lipinski definition) is 2. The van der Waals surface area contributed by atoms with Crippen LogP contribution in [-0.4, -0.2) is 24.5 Å². The zero-order valence-electron chi connectivity index (χ0n) is 13.8. The fourth-order valence-corrected chi connectivity index (χ4v) is 5.01. The molecule has 1 amide bonds. The Kier molecular flexibility index (Phi) is 5.64. The molecule has 136 valence electrons. The van der Waals surface area contributed by atoms with E-state index >= 15 is 0 Å². The SMILES string of the molecule is CCCc1nnc(NC(=O)c2cccc(NS(=O)(=O)c3cccs3)c2)s1. The predicted molar refractivity (Wildman–Crippen MR) is 103 cm³/mol. The number of rotatable bonds is 7. The zero-order valence-corrected chi connectivity index (χ0v) is 16.2. The Labute approximate surface area is 159 Å². The van der Waals surface area contributed by atoms with Crippen LogP contribution in [0.25, 0.3) is 0 Å². The van der Waals surface area contributed by atoms with E-state index in [1.807, 2.05) is 6.92 Å². The number of carbonyl (C=O) groups is 1. The minimum Gasteiger partial charge on any atom is -0.296 e. The highest BCUT2D eigenvalue weighted by Crippen LogP contribution is 2.22. The predicted octanol–water partition coefficient (Wildman–Crippen LogP) is 3.61. The summed E-state index contributed by atoms with van der Waals surface area (Å²) in [6, 6.07) is 9.47. The highest BCUT2D eigenvalue weighted by atomic mass is 32.2. The Morgan fingerprint density at radius 3 is 2.77 bits per heavy atom. The summed E-state index contributed by atoms with van der Waals surface area (Å²) in [5.74, 6) is -0.374. The molecule has 0 aliphatic rings. The van der Waals surface area contributed by atoms with Crippen LogP contribution in [-0.2, 0) is 16.4 Å². The second-order valence-electron chi connectivity index (χ2n) is 5.32. The van der Waals surface area contributed by atoms with Crippen LogP contribution >= 0.6 is 22.7 Å². The smallest absolute Gasteiger partial charge is 0.271 e. The van der Waals surface area contributed by atoms with Gasteiger partial charge in [-0.2, -0.15) is 0 Å². The lowest BCUT2D eigenvalue weighted by Gasteiger charge is -2.08. The summed E-state index contributed by atoms with van der Waals surface area (Å²) in [6.07, 6.45) is 1.77. The average Bonchev–Trinajstić information content (AvgIpc) is 3.27. The van der Waals surface area contributed by atoms with E-state index in [4.69, 9.17) is 0 Å². The molecular weight excluding hydrogens is 392 g/mol. The number of sulfonamides is 1. The van der Waals surface area contributed by atoms with Gasteiger partial charge in [0.1, 0.15) is 9.22 Å². The molecule has 2 heterocycles. The number of aryl methyl sites for hydroxylation is 1. The van der Waals surface area contributed by atoms with E-state index in [0.717, 1.165) is 29.2 Å². The van der Waals surface area contributed by atoms with E-state index in [2.05, 4.69) is 20.2 Å². The van der Waals surface area contributed by atoms with Gasteiger partial charge in [0.15, 0.2) is 0 Å². The molecule has 0 fully saturated rings. The maximum Gasteiger partial charge on any atom is 0.271 e. The molecule has 10 heteroatoms. The number of nitrogens with one attached hydrogen (secondary N) is 2. The van der Waals surface area contributed by atoms with Gasteiger partial charge in [-0.25, -0.2) is 8.42 Å². The fourth-order valence-electron chi connectivity index (χ4n) is 2.13. The number of carbonyl (C=O) groups excluding carboxylic acids is 1. The van der Waals surface area contributed by atoms with Crippen molar-refractivity contribution in [1.29, 1.82) is 0 Å². The highest BCUT2D eigenvalue weighted by Gasteiger charge is 2.16. The topological polar surface area (TPSA) is 101 Å². The van der Waals surface area contributed by atoms with Crippen molar-refractivity contribution in [3.05, 3.63) is 52.3 Å². The van der Waals surface area contributed by atoms with Crippen LogP contribution in [0, 0.1) is 0 Å². The summed E-state index contributed by atoms with van der Waals surface area (Å²) in [4.78, 5) is 12.4. The molecule has 2 N–H and O–H groups in total. The second kappa shape index (κ2) is 7.94. The molecule has 0 radical (unpaired) electrons. The third-order valence-corrected chi connectivity index (χ3v) is 6.97. The van der Waals surface area contributed by atoms with Crippen molar-refractivity contribution in [2.45, 2.75) is 24.0 Å². The molecule has 0 saturated heterocycles. The first-order valence-electron chi connectivity index (χ1n) is 7.78. The maximum atomic E-state index is 12.4. The number of anilines is 2. The first kappa shape index (κ1) is 18.5. The Balaban J connectivity index is 1.73. The van der Waals surface area contributed by atoms with Crippen molar-refractivity contribution < 1.29 is 13.2 Å². The normalized spacial score (nSPS) is 11.3. The van der Waals surface area contributed by atoms with Crippen molar-refractivity contribution in [3.8, 4) is 0 Å². The van der Waals surface area contributed by atoms with Crippen molar-refractivity contribution >= 4 is 49.4 Å². The van der Waals surface area contributed by atoms with E-state index in [1.54, 1.807) is 29.6 Å². The number of benzene rings is 1. The highest BCUT2D eigenvalue weighted by molar-refractivity contribution is 7.94. The molecule has 0 atom stereocenters. The Hall–Kier alpha value is -2.30. The van der Waals surface area contributed by atoms with Gasteiger partial charge in [-0.05, 0) is 36.1 Å². The van der Waals surface area contributed by atoms with Gasteiger partial charge in [-0.3, -0.25) is 14.8 Å². The maximum absolute atomic E-state index is 12.4. The van der Waals surface area contributed by atoms with Crippen molar-refractivity contribution in [3.63, 3.8) is 0 Å². The molecule has 0 bridgehead atoms. The van der Waals surface area contributed by atoms with Gasteiger partial charge < -0.3 is 0 Å². The lowest BCUT2D eigenvalue weighted by Crippen LogP contribution is -2.14. The quantitative estimate of drug-likeness (QED) is 0.622. The van der Waals surface area contributed by atoms with Crippen molar-refractivity contribution in [2.24, 2.45) is 0 Å². The Bertz CT molecular complexity index is 997. The minimum absolute atomic E-state index is 0.213. The van der Waals surface area contributed by atoms with Crippen LogP contribution in [0.1, 0.15) is 28.7 Å². The van der Waals surface area contributed by atoms with Gasteiger partial charge in [-0.1, -0.05) is 30.4 Å². The van der Waals surface area contributed by atoms with Crippen molar-refractivity contribution in [1.82, 2.24) is 10.2 Å². The van der Waals surface area contributed by atoms with E-state index in [-0.39, 0.29) is 10.1 Å². The van der Waals surface area contributed by atoms with Gasteiger partial charge >= 0.3 is 0 Å². The summed E-state index contributed by atoms with van der Waals surface area (Å²) < 4.78 is 27.3. The molecular formula is C16H16N4O3S3. The minimum atomic E-state index is -3.66. The molecule has 0 unspecified atom stereocenters. The Morgan fingerprint density at radius 2 is 2.04 bits per heavy atom. The largest absolute Gasteiger partial charge is 0.296 e. The van der Waals surface area contributed by atoms with Crippen LogP contribution in [0.5, 0.6) is 0 Å². The summed E-state index contributed by atoms with van der Waals surface area (Å²) in [7, 11) is -3.66. The third kappa shape index (κ3) is 4.45. The van der Waals surface area contributed by atoms with Crippen molar-refractivity contribution in [2.75, 3.05) is 10.0 Å². The summed E-state index contributed by atoms with van der Waals surface area (Å²) in [6.45, 7) is 2.04. The fraction of sp³-hybridized carbons (Fsp3) is 0.188. The number of amides is 1. The molecule has 3 aromatic rings. The van der Waals surface area contributed by atoms with E-state index in [9.17, 15) is 13.2 Å². The molecule has 3 rings (SSSR count). The van der Waals surface area contributed by atoms with Crippen LogP contribution in [0.4, 0.5) is 10.8 Å². The lowest BCUT2D eigenvalue weighted by molar-refractivity contribution is 0.102. The first-order chi connectivity index (χ1) is 12.5. The summed E-state index contributed by atoms with van der Waals surface area (Å²) >= 11 is 2.45. The van der Waals surface area contributed by atoms with Crippen LogP contribution in [0.15, 0.2) is 46.0 Å². The second-order valence-corrected chi connectivity index (χ2v) is 9.24. The van der Waals surface area contributed by atoms with Gasteiger partial charge in [0.25, 0.3) is 15.9 Å². The number of aromatic nitrogens is 2. The number of thiophene rings is 1. The van der Waals surface area contributed by atoms with Crippen LogP contribution < -0.4 is 10.0 Å². The molecule has 0 spiro atoms. The first-order valence-corrected chi connectivity index (χ1v) is 11.0. The van der Waals surface area contributed by atoms with E-state index in [1.165, 1.54) is 23.5 Å². The zero-order chi connectivity index (χ0) is 18.6. The molecule has 0 saturated carbocycles. The Morgan fingerprint density at radius 1 is 1.19 bits per heavy atom. The monoisotopic (exact) mass is 408 g/mol. The molecule has 1 aromatic carbocycles. The van der Waals surface area contributed by atoms with E-state index in [0.29, 0.717) is 16.4 Å². The number of nitrogens with zero attached hydrogens (tertiary/aromatic N) is 2.